The van der Waals surface area contributed by atoms with Gasteiger partial charge in [-0.25, -0.2) is 0 Å². The van der Waals surface area contributed by atoms with Crippen LogP contribution < -0.4 is 10.5 Å². The van der Waals surface area contributed by atoms with Gasteiger partial charge in [0.2, 0.25) is 0 Å². The fraction of sp³-hybridized carbons (Fsp3) is 0.273. The van der Waals surface area contributed by atoms with E-state index in [1.54, 1.807) is 0 Å². The summed E-state index contributed by atoms with van der Waals surface area (Å²) in [5.41, 5.74) is 6.43. The summed E-state index contributed by atoms with van der Waals surface area (Å²) in [5, 5.41) is 0.656. The lowest BCUT2D eigenvalue weighted by atomic mass is 10.2. The molecule has 0 aromatic heterocycles. The van der Waals surface area contributed by atoms with Gasteiger partial charge in [0.15, 0.2) is 0 Å². The number of halogens is 1. The Kier molecular flexibility index (Phi) is 4.50. The molecule has 0 spiro atoms. The third kappa shape index (κ3) is 2.76. The molecule has 0 saturated carbocycles. The summed E-state index contributed by atoms with van der Waals surface area (Å²) in [6.07, 6.45) is 2.63. The van der Waals surface area contributed by atoms with Crippen molar-refractivity contribution < 1.29 is 4.74 Å². The van der Waals surface area contributed by atoms with Crippen LogP contribution in [-0.4, -0.2) is 6.61 Å². The maximum absolute atomic E-state index is 5.96. The van der Waals surface area contributed by atoms with Crippen LogP contribution in [0.2, 0.25) is 5.02 Å². The minimum Gasteiger partial charge on any atom is -0.493 e. The molecule has 0 atom stereocenters. The SMILES string of the molecule is C=CCCOc1cccc(Cl)c1CN. The van der Waals surface area contributed by atoms with Crippen molar-refractivity contribution in [2.75, 3.05) is 6.61 Å². The molecule has 1 aromatic rings. The predicted octanol–water partition coefficient (Wildman–Crippen LogP) is 2.75. The van der Waals surface area contributed by atoms with Crippen molar-refractivity contribution in [3.8, 4) is 5.75 Å². The molecule has 1 aromatic carbocycles. The summed E-state index contributed by atoms with van der Waals surface area (Å²) in [4.78, 5) is 0. The van der Waals surface area contributed by atoms with Gasteiger partial charge < -0.3 is 10.5 Å². The maximum atomic E-state index is 5.96. The standard InChI is InChI=1S/C11H14ClNO/c1-2-3-7-14-11-6-4-5-10(12)9(11)8-13/h2,4-6H,1,3,7-8,13H2. The van der Waals surface area contributed by atoms with Crippen LogP contribution >= 0.6 is 11.6 Å². The molecule has 0 amide bonds. The van der Waals surface area contributed by atoms with E-state index >= 15 is 0 Å². The highest BCUT2D eigenvalue weighted by molar-refractivity contribution is 6.31. The zero-order valence-electron chi connectivity index (χ0n) is 8.00. The first kappa shape index (κ1) is 11.1. The highest BCUT2D eigenvalue weighted by atomic mass is 35.5. The predicted molar refractivity (Wildman–Crippen MR) is 59.7 cm³/mol. The molecule has 0 bridgehead atoms. The highest BCUT2D eigenvalue weighted by Gasteiger charge is 2.05. The monoisotopic (exact) mass is 211 g/mol. The van der Waals surface area contributed by atoms with Crippen molar-refractivity contribution in [3.63, 3.8) is 0 Å². The quantitative estimate of drug-likeness (QED) is 0.601. The molecule has 0 saturated heterocycles. The van der Waals surface area contributed by atoms with E-state index in [4.69, 9.17) is 22.1 Å². The van der Waals surface area contributed by atoms with Gasteiger partial charge in [0.05, 0.1) is 6.61 Å². The molecule has 2 nitrogen and oxygen atoms in total. The smallest absolute Gasteiger partial charge is 0.125 e. The van der Waals surface area contributed by atoms with Crippen LogP contribution in [0.5, 0.6) is 5.75 Å². The molecule has 14 heavy (non-hydrogen) atoms. The van der Waals surface area contributed by atoms with Gasteiger partial charge in [-0.15, -0.1) is 6.58 Å². The number of nitrogens with two attached hydrogens (primary N) is 1. The molecule has 76 valence electrons. The maximum Gasteiger partial charge on any atom is 0.125 e. The van der Waals surface area contributed by atoms with Crippen LogP contribution in [-0.2, 0) is 6.54 Å². The summed E-state index contributed by atoms with van der Waals surface area (Å²) in [7, 11) is 0. The van der Waals surface area contributed by atoms with Crippen molar-refractivity contribution in [2.24, 2.45) is 5.73 Å². The molecular formula is C11H14ClNO. The van der Waals surface area contributed by atoms with E-state index in [0.717, 1.165) is 17.7 Å². The molecule has 2 N–H and O–H groups in total. The first-order valence-corrected chi connectivity index (χ1v) is 4.88. The van der Waals surface area contributed by atoms with Crippen molar-refractivity contribution in [1.29, 1.82) is 0 Å². The Labute approximate surface area is 89.3 Å². The zero-order chi connectivity index (χ0) is 10.4. The van der Waals surface area contributed by atoms with Crippen molar-refractivity contribution >= 4 is 11.6 Å². The lowest BCUT2D eigenvalue weighted by Gasteiger charge is -2.10. The van der Waals surface area contributed by atoms with Crippen molar-refractivity contribution in [3.05, 3.63) is 41.4 Å². The molecule has 3 heteroatoms. The Morgan fingerprint density at radius 1 is 1.50 bits per heavy atom. The average molecular weight is 212 g/mol. The first-order chi connectivity index (χ1) is 6.79. The van der Waals surface area contributed by atoms with Gasteiger partial charge in [-0.05, 0) is 18.6 Å². The third-order valence-electron chi connectivity index (χ3n) is 1.86. The van der Waals surface area contributed by atoms with Crippen LogP contribution in [0.3, 0.4) is 0 Å². The van der Waals surface area contributed by atoms with E-state index in [1.165, 1.54) is 0 Å². The number of hydrogen-bond acceptors (Lipinski definition) is 2. The fourth-order valence-electron chi connectivity index (χ4n) is 1.12. The van der Waals surface area contributed by atoms with E-state index in [-0.39, 0.29) is 0 Å². The minimum absolute atomic E-state index is 0.392. The Hall–Kier alpha value is -0.990. The molecule has 0 heterocycles. The first-order valence-electron chi connectivity index (χ1n) is 4.50. The molecule has 0 fully saturated rings. The lowest BCUT2D eigenvalue weighted by Crippen LogP contribution is -2.03. The van der Waals surface area contributed by atoms with Gasteiger partial charge in [0.1, 0.15) is 5.75 Å². The largest absolute Gasteiger partial charge is 0.493 e. The van der Waals surface area contributed by atoms with Gasteiger partial charge in [-0.1, -0.05) is 23.7 Å². The van der Waals surface area contributed by atoms with E-state index in [0.29, 0.717) is 18.2 Å². The highest BCUT2D eigenvalue weighted by Crippen LogP contribution is 2.25. The van der Waals surface area contributed by atoms with E-state index in [9.17, 15) is 0 Å². The second-order valence-corrected chi connectivity index (χ2v) is 3.25. The summed E-state index contributed by atoms with van der Waals surface area (Å²) < 4.78 is 5.51. The van der Waals surface area contributed by atoms with E-state index < -0.39 is 0 Å². The Bertz CT molecular complexity index is 312. The van der Waals surface area contributed by atoms with E-state index in [2.05, 4.69) is 6.58 Å². The number of ether oxygens (including phenoxy) is 1. The van der Waals surface area contributed by atoms with Gasteiger partial charge in [0.25, 0.3) is 0 Å². The normalized spacial score (nSPS) is 9.86. The topological polar surface area (TPSA) is 35.2 Å². The van der Waals surface area contributed by atoms with Crippen LogP contribution in [0.25, 0.3) is 0 Å². The molecule has 0 aliphatic carbocycles. The zero-order valence-corrected chi connectivity index (χ0v) is 8.76. The fourth-order valence-corrected chi connectivity index (χ4v) is 1.37. The van der Waals surface area contributed by atoms with Gasteiger partial charge in [-0.2, -0.15) is 0 Å². The molecular weight excluding hydrogens is 198 g/mol. The lowest BCUT2D eigenvalue weighted by molar-refractivity contribution is 0.321. The Morgan fingerprint density at radius 3 is 2.93 bits per heavy atom. The molecule has 0 radical (unpaired) electrons. The van der Waals surface area contributed by atoms with Crippen LogP contribution in [0.4, 0.5) is 0 Å². The Morgan fingerprint density at radius 2 is 2.29 bits per heavy atom. The van der Waals surface area contributed by atoms with Crippen LogP contribution in [0.1, 0.15) is 12.0 Å². The van der Waals surface area contributed by atoms with Crippen molar-refractivity contribution in [1.82, 2.24) is 0 Å². The van der Waals surface area contributed by atoms with E-state index in [1.807, 2.05) is 24.3 Å². The third-order valence-corrected chi connectivity index (χ3v) is 2.21. The minimum atomic E-state index is 0.392. The summed E-state index contributed by atoms with van der Waals surface area (Å²) >= 11 is 5.96. The molecule has 0 aliphatic rings. The van der Waals surface area contributed by atoms with Gasteiger partial charge >= 0.3 is 0 Å². The molecule has 0 unspecified atom stereocenters. The molecule has 1 rings (SSSR count). The molecule has 0 aliphatic heterocycles. The number of rotatable bonds is 5. The van der Waals surface area contributed by atoms with Crippen LogP contribution in [0.15, 0.2) is 30.9 Å². The summed E-state index contributed by atoms with van der Waals surface area (Å²) in [6, 6.07) is 5.53. The summed E-state index contributed by atoms with van der Waals surface area (Å²) in [5.74, 6) is 0.766. The van der Waals surface area contributed by atoms with Gasteiger partial charge in [0, 0.05) is 17.1 Å². The second kappa shape index (κ2) is 5.68. The number of benzene rings is 1. The summed E-state index contributed by atoms with van der Waals surface area (Å²) in [6.45, 7) is 4.62. The Balaban J connectivity index is 2.74. The number of hydrogen-bond donors (Lipinski definition) is 1. The van der Waals surface area contributed by atoms with Crippen molar-refractivity contribution in [2.45, 2.75) is 13.0 Å². The second-order valence-electron chi connectivity index (χ2n) is 2.85. The van der Waals surface area contributed by atoms with Crippen LogP contribution in [0, 0.1) is 0 Å². The average Bonchev–Trinajstić information content (AvgIpc) is 2.18. The van der Waals surface area contributed by atoms with Gasteiger partial charge in [-0.3, -0.25) is 0 Å².